The summed E-state index contributed by atoms with van der Waals surface area (Å²) in [6.45, 7) is 3.84. The number of halogens is 2. The fraction of sp³-hybridized carbons (Fsp3) is 0.625. The van der Waals surface area contributed by atoms with Crippen LogP contribution in [0.1, 0.15) is 24.8 Å². The van der Waals surface area contributed by atoms with E-state index in [9.17, 15) is 8.78 Å². The minimum Gasteiger partial charge on any atom is -0.364 e. The summed E-state index contributed by atoms with van der Waals surface area (Å²) in [4.78, 5) is 4.34. The molecule has 0 saturated carbocycles. The zero-order chi connectivity index (χ0) is 14.8. The first-order valence-corrected chi connectivity index (χ1v) is 7.86. The molecule has 1 aromatic carbocycles. The Hall–Kier alpha value is -1.20. The van der Waals surface area contributed by atoms with Gasteiger partial charge in [-0.25, -0.2) is 8.78 Å². The molecule has 1 unspecified atom stereocenters. The lowest BCUT2D eigenvalue weighted by Crippen LogP contribution is -2.55. The zero-order valence-electron chi connectivity index (χ0n) is 12.3. The molecule has 2 heterocycles. The second kappa shape index (κ2) is 6.28. The van der Waals surface area contributed by atoms with E-state index in [1.165, 1.54) is 25.0 Å². The van der Waals surface area contributed by atoms with Crippen LogP contribution in [0.2, 0.25) is 0 Å². The van der Waals surface area contributed by atoms with Gasteiger partial charge in [-0.1, -0.05) is 6.42 Å². The number of benzene rings is 1. The lowest BCUT2D eigenvalue weighted by atomic mass is 9.99. The van der Waals surface area contributed by atoms with Gasteiger partial charge in [0.05, 0.1) is 0 Å². The minimum absolute atomic E-state index is 0.140. The Morgan fingerprint density at radius 1 is 1.10 bits per heavy atom. The van der Waals surface area contributed by atoms with Crippen LogP contribution in [0.15, 0.2) is 12.1 Å². The third-order valence-corrected chi connectivity index (χ3v) is 4.66. The average Bonchev–Trinajstić information content (AvgIpc) is 2.47. The molecule has 2 aliphatic heterocycles. The summed E-state index contributed by atoms with van der Waals surface area (Å²) >= 11 is 0. The molecule has 1 aromatic rings. The third-order valence-electron chi connectivity index (χ3n) is 4.66. The highest BCUT2D eigenvalue weighted by Gasteiger charge is 2.31. The molecule has 21 heavy (non-hydrogen) atoms. The van der Waals surface area contributed by atoms with Crippen LogP contribution in [0, 0.1) is 11.6 Å². The minimum atomic E-state index is -0.456. The molecular formula is C16H23F2N3. The Kier molecular flexibility index (Phi) is 4.40. The zero-order valence-corrected chi connectivity index (χ0v) is 12.3. The summed E-state index contributed by atoms with van der Waals surface area (Å²) in [6, 6.07) is 3.30. The second-order valence-electron chi connectivity index (χ2n) is 6.08. The maximum absolute atomic E-state index is 14.3. The number of nitrogens with two attached hydrogens (primary N) is 1. The van der Waals surface area contributed by atoms with Crippen LogP contribution in [0.25, 0.3) is 0 Å². The smallest absolute Gasteiger partial charge is 0.149 e. The molecule has 2 N–H and O–H groups in total. The van der Waals surface area contributed by atoms with Gasteiger partial charge in [0, 0.05) is 25.7 Å². The van der Waals surface area contributed by atoms with Gasteiger partial charge in [0.1, 0.15) is 17.3 Å². The van der Waals surface area contributed by atoms with Crippen molar-refractivity contribution in [2.45, 2.75) is 31.7 Å². The quantitative estimate of drug-likeness (QED) is 0.927. The van der Waals surface area contributed by atoms with Gasteiger partial charge in [0.25, 0.3) is 0 Å². The number of hydrogen-bond acceptors (Lipinski definition) is 3. The number of anilines is 1. The summed E-state index contributed by atoms with van der Waals surface area (Å²) < 4.78 is 28.6. The van der Waals surface area contributed by atoms with Crippen molar-refractivity contribution in [1.82, 2.24) is 4.90 Å². The van der Waals surface area contributed by atoms with Crippen molar-refractivity contribution in [2.75, 3.05) is 37.6 Å². The number of hydrogen-bond donors (Lipinski definition) is 1. The van der Waals surface area contributed by atoms with Gasteiger partial charge in [-0.15, -0.1) is 0 Å². The lowest BCUT2D eigenvalue weighted by Gasteiger charge is -2.45. The number of piperazine rings is 1. The summed E-state index contributed by atoms with van der Waals surface area (Å²) in [5, 5.41) is 0. The Balaban J connectivity index is 1.80. The Labute approximate surface area is 124 Å². The molecule has 2 aliphatic rings. The van der Waals surface area contributed by atoms with E-state index in [4.69, 9.17) is 5.73 Å². The van der Waals surface area contributed by atoms with E-state index in [1.54, 1.807) is 0 Å². The van der Waals surface area contributed by atoms with E-state index in [0.29, 0.717) is 31.1 Å². The Morgan fingerprint density at radius 2 is 1.86 bits per heavy atom. The molecule has 2 fully saturated rings. The highest BCUT2D eigenvalue weighted by molar-refractivity contribution is 5.51. The monoisotopic (exact) mass is 295 g/mol. The molecule has 5 heteroatoms. The topological polar surface area (TPSA) is 32.5 Å². The average molecular weight is 295 g/mol. The highest BCUT2D eigenvalue weighted by atomic mass is 19.1. The molecule has 2 saturated heterocycles. The summed E-state index contributed by atoms with van der Waals surface area (Å²) in [5.41, 5.74) is 6.23. The normalized spacial score (nSPS) is 23.2. The SMILES string of the molecule is NCCc1cc(F)c(N2CCN3CCCCC3C2)c(F)c1. The summed E-state index contributed by atoms with van der Waals surface area (Å²) in [6.07, 6.45) is 4.10. The van der Waals surface area contributed by atoms with Gasteiger partial charge < -0.3 is 10.6 Å². The van der Waals surface area contributed by atoms with E-state index >= 15 is 0 Å². The predicted molar refractivity (Wildman–Crippen MR) is 80.5 cm³/mol. The third kappa shape index (κ3) is 3.04. The van der Waals surface area contributed by atoms with Gasteiger partial charge >= 0.3 is 0 Å². The van der Waals surface area contributed by atoms with Crippen LogP contribution in [0.4, 0.5) is 14.5 Å². The number of nitrogens with zero attached hydrogens (tertiary/aromatic N) is 2. The van der Waals surface area contributed by atoms with Crippen molar-refractivity contribution in [2.24, 2.45) is 5.73 Å². The maximum Gasteiger partial charge on any atom is 0.149 e. The molecule has 0 radical (unpaired) electrons. The van der Waals surface area contributed by atoms with Crippen molar-refractivity contribution in [3.8, 4) is 0 Å². The highest BCUT2D eigenvalue weighted by Crippen LogP contribution is 2.29. The van der Waals surface area contributed by atoms with Crippen LogP contribution in [0.3, 0.4) is 0 Å². The maximum atomic E-state index is 14.3. The molecule has 116 valence electrons. The standard InChI is InChI=1S/C16H23F2N3/c17-14-9-12(4-5-19)10-15(18)16(14)21-8-7-20-6-2-1-3-13(20)11-21/h9-10,13H,1-8,11,19H2. The molecule has 1 atom stereocenters. The Morgan fingerprint density at radius 3 is 2.57 bits per heavy atom. The Bertz CT molecular complexity index is 483. The summed E-state index contributed by atoms with van der Waals surface area (Å²) in [7, 11) is 0. The largest absolute Gasteiger partial charge is 0.364 e. The van der Waals surface area contributed by atoms with E-state index in [0.717, 1.165) is 26.1 Å². The van der Waals surface area contributed by atoms with Crippen molar-refractivity contribution < 1.29 is 8.78 Å². The van der Waals surface area contributed by atoms with Crippen molar-refractivity contribution >= 4 is 5.69 Å². The fourth-order valence-corrected chi connectivity index (χ4v) is 3.59. The molecule has 3 rings (SSSR count). The van der Waals surface area contributed by atoms with Crippen molar-refractivity contribution in [3.63, 3.8) is 0 Å². The summed E-state index contributed by atoms with van der Waals surface area (Å²) in [5.74, 6) is -0.912. The second-order valence-corrected chi connectivity index (χ2v) is 6.08. The van der Waals surface area contributed by atoms with Crippen LogP contribution >= 0.6 is 0 Å². The molecule has 0 aromatic heterocycles. The van der Waals surface area contributed by atoms with Gasteiger partial charge in [-0.05, 0) is 50.0 Å². The fourth-order valence-electron chi connectivity index (χ4n) is 3.59. The molecular weight excluding hydrogens is 272 g/mol. The van der Waals surface area contributed by atoms with Gasteiger partial charge in [0.15, 0.2) is 0 Å². The van der Waals surface area contributed by atoms with E-state index in [-0.39, 0.29) is 5.69 Å². The van der Waals surface area contributed by atoms with E-state index in [2.05, 4.69) is 4.90 Å². The lowest BCUT2D eigenvalue weighted by molar-refractivity contribution is 0.133. The number of rotatable bonds is 3. The van der Waals surface area contributed by atoms with E-state index in [1.807, 2.05) is 4.90 Å². The molecule has 0 amide bonds. The predicted octanol–water partition coefficient (Wildman–Crippen LogP) is 2.14. The first-order valence-electron chi connectivity index (χ1n) is 7.86. The molecule has 3 nitrogen and oxygen atoms in total. The van der Waals surface area contributed by atoms with Gasteiger partial charge in [0.2, 0.25) is 0 Å². The first kappa shape index (κ1) is 14.7. The van der Waals surface area contributed by atoms with E-state index < -0.39 is 11.6 Å². The van der Waals surface area contributed by atoms with Crippen molar-refractivity contribution in [3.05, 3.63) is 29.3 Å². The molecule has 0 aliphatic carbocycles. The van der Waals surface area contributed by atoms with Crippen LogP contribution in [-0.2, 0) is 6.42 Å². The van der Waals surface area contributed by atoms with Gasteiger partial charge in [-0.3, -0.25) is 4.90 Å². The first-order chi connectivity index (χ1) is 10.2. The number of piperidine rings is 1. The number of fused-ring (bicyclic) bond motifs is 1. The van der Waals surface area contributed by atoms with Gasteiger partial charge in [-0.2, -0.15) is 0 Å². The van der Waals surface area contributed by atoms with Crippen LogP contribution in [-0.4, -0.2) is 43.7 Å². The van der Waals surface area contributed by atoms with Crippen molar-refractivity contribution in [1.29, 1.82) is 0 Å². The van der Waals surface area contributed by atoms with Crippen LogP contribution < -0.4 is 10.6 Å². The molecule has 0 bridgehead atoms. The van der Waals surface area contributed by atoms with Crippen LogP contribution in [0.5, 0.6) is 0 Å². The molecule has 0 spiro atoms.